The van der Waals surface area contributed by atoms with Crippen molar-refractivity contribution in [3.63, 3.8) is 0 Å². The number of hydrogen-bond donors (Lipinski definition) is 2. The molecule has 0 atom stereocenters. The molecule has 102 valence electrons. The summed E-state index contributed by atoms with van der Waals surface area (Å²) in [5.41, 5.74) is 0. The molecular formula is C13H24N4O. The molecule has 0 aromatic carbocycles. The lowest BCUT2D eigenvalue weighted by Gasteiger charge is -2.34. The lowest BCUT2D eigenvalue weighted by molar-refractivity contribution is -0.121. The monoisotopic (exact) mass is 252 g/mol. The summed E-state index contributed by atoms with van der Waals surface area (Å²) < 4.78 is 0. The van der Waals surface area contributed by atoms with Crippen LogP contribution in [0, 0.1) is 5.92 Å². The Morgan fingerprint density at radius 1 is 1.28 bits per heavy atom. The second-order valence-corrected chi connectivity index (χ2v) is 5.27. The van der Waals surface area contributed by atoms with Crippen molar-refractivity contribution < 1.29 is 4.79 Å². The van der Waals surface area contributed by atoms with E-state index in [9.17, 15) is 4.79 Å². The standard InChI is InChI=1S/C13H24N4O/c1-14-12(18)9-10-5-7-17(8-6-10)13(15-2)16-11-3-4-11/h10-11H,3-9H2,1-2H3,(H,14,18)(H,15,16). The third-order valence-electron chi connectivity index (χ3n) is 3.79. The zero-order chi connectivity index (χ0) is 13.0. The van der Waals surface area contributed by atoms with Crippen LogP contribution in [0.2, 0.25) is 0 Å². The van der Waals surface area contributed by atoms with E-state index in [4.69, 9.17) is 0 Å². The van der Waals surface area contributed by atoms with Crippen LogP contribution in [-0.4, -0.2) is 50.0 Å². The molecule has 0 unspecified atom stereocenters. The van der Waals surface area contributed by atoms with E-state index < -0.39 is 0 Å². The second-order valence-electron chi connectivity index (χ2n) is 5.27. The predicted molar refractivity (Wildman–Crippen MR) is 72.5 cm³/mol. The summed E-state index contributed by atoms with van der Waals surface area (Å²) in [7, 11) is 3.56. The number of piperidine rings is 1. The van der Waals surface area contributed by atoms with Gasteiger partial charge in [-0.3, -0.25) is 9.79 Å². The van der Waals surface area contributed by atoms with Crippen molar-refractivity contribution in [3.05, 3.63) is 0 Å². The normalized spacial score (nSPS) is 21.9. The van der Waals surface area contributed by atoms with Crippen LogP contribution in [0.5, 0.6) is 0 Å². The predicted octanol–water partition coefficient (Wildman–Crippen LogP) is 0.572. The smallest absolute Gasteiger partial charge is 0.220 e. The van der Waals surface area contributed by atoms with Crippen molar-refractivity contribution in [1.82, 2.24) is 15.5 Å². The maximum atomic E-state index is 11.3. The van der Waals surface area contributed by atoms with Crippen LogP contribution in [0.25, 0.3) is 0 Å². The number of amides is 1. The summed E-state index contributed by atoms with van der Waals surface area (Å²) in [6.07, 6.45) is 5.37. The van der Waals surface area contributed by atoms with Crippen LogP contribution >= 0.6 is 0 Å². The largest absolute Gasteiger partial charge is 0.359 e. The highest BCUT2D eigenvalue weighted by molar-refractivity contribution is 5.80. The first-order valence-corrected chi connectivity index (χ1v) is 6.91. The molecule has 0 radical (unpaired) electrons. The van der Waals surface area contributed by atoms with Gasteiger partial charge in [-0.15, -0.1) is 0 Å². The summed E-state index contributed by atoms with van der Waals surface area (Å²) in [5, 5.41) is 6.18. The Kier molecular flexibility index (Phi) is 4.44. The van der Waals surface area contributed by atoms with Gasteiger partial charge in [-0.2, -0.15) is 0 Å². The maximum Gasteiger partial charge on any atom is 0.220 e. The van der Waals surface area contributed by atoms with Crippen molar-refractivity contribution in [2.45, 2.75) is 38.1 Å². The van der Waals surface area contributed by atoms with Gasteiger partial charge in [0.25, 0.3) is 0 Å². The minimum Gasteiger partial charge on any atom is -0.359 e. The van der Waals surface area contributed by atoms with E-state index >= 15 is 0 Å². The van der Waals surface area contributed by atoms with Gasteiger partial charge in [0.2, 0.25) is 5.91 Å². The number of aliphatic imine (C=N–C) groups is 1. The average Bonchev–Trinajstić information content (AvgIpc) is 3.21. The Hall–Kier alpha value is -1.26. The Morgan fingerprint density at radius 3 is 2.44 bits per heavy atom. The molecular weight excluding hydrogens is 228 g/mol. The molecule has 1 heterocycles. The number of guanidine groups is 1. The summed E-state index contributed by atoms with van der Waals surface area (Å²) in [6.45, 7) is 2.02. The first kappa shape index (κ1) is 13.2. The topological polar surface area (TPSA) is 56.7 Å². The van der Waals surface area contributed by atoms with Crippen molar-refractivity contribution in [2.24, 2.45) is 10.9 Å². The number of nitrogens with zero attached hydrogens (tertiary/aromatic N) is 2. The number of carbonyl (C=O) groups excluding carboxylic acids is 1. The molecule has 18 heavy (non-hydrogen) atoms. The lowest BCUT2D eigenvalue weighted by atomic mass is 9.93. The molecule has 0 aromatic rings. The Bertz CT molecular complexity index is 317. The minimum absolute atomic E-state index is 0.161. The summed E-state index contributed by atoms with van der Waals surface area (Å²) in [6, 6.07) is 0.646. The fraction of sp³-hybridized carbons (Fsp3) is 0.846. The molecule has 0 bridgehead atoms. The lowest BCUT2D eigenvalue weighted by Crippen LogP contribution is -2.46. The van der Waals surface area contributed by atoms with E-state index in [0.717, 1.165) is 31.9 Å². The molecule has 1 aliphatic carbocycles. The van der Waals surface area contributed by atoms with Gasteiger partial charge in [-0.05, 0) is 31.6 Å². The molecule has 2 aliphatic rings. The van der Waals surface area contributed by atoms with Crippen LogP contribution < -0.4 is 10.6 Å². The number of likely N-dealkylation sites (tertiary alicyclic amines) is 1. The van der Waals surface area contributed by atoms with Crippen molar-refractivity contribution in [3.8, 4) is 0 Å². The van der Waals surface area contributed by atoms with E-state index in [2.05, 4.69) is 20.5 Å². The van der Waals surface area contributed by atoms with Crippen molar-refractivity contribution >= 4 is 11.9 Å². The molecule has 1 saturated carbocycles. The molecule has 0 spiro atoms. The molecule has 1 aliphatic heterocycles. The van der Waals surface area contributed by atoms with E-state index in [1.54, 1.807) is 7.05 Å². The van der Waals surface area contributed by atoms with Gasteiger partial charge in [-0.1, -0.05) is 0 Å². The van der Waals surface area contributed by atoms with E-state index in [1.807, 2.05) is 7.05 Å². The third-order valence-corrected chi connectivity index (χ3v) is 3.79. The number of carbonyl (C=O) groups is 1. The first-order chi connectivity index (χ1) is 8.72. The van der Waals surface area contributed by atoms with Crippen LogP contribution in [-0.2, 0) is 4.79 Å². The van der Waals surface area contributed by atoms with Gasteiger partial charge in [-0.25, -0.2) is 0 Å². The highest BCUT2D eigenvalue weighted by Gasteiger charge is 2.27. The molecule has 5 heteroatoms. The van der Waals surface area contributed by atoms with Gasteiger partial charge < -0.3 is 15.5 Å². The Balaban J connectivity index is 1.76. The number of rotatable bonds is 3. The first-order valence-electron chi connectivity index (χ1n) is 6.91. The Labute approximate surface area is 109 Å². The zero-order valence-corrected chi connectivity index (χ0v) is 11.4. The molecule has 2 N–H and O–H groups in total. The molecule has 2 rings (SSSR count). The average molecular weight is 252 g/mol. The maximum absolute atomic E-state index is 11.3. The number of nitrogens with one attached hydrogen (secondary N) is 2. The van der Waals surface area contributed by atoms with Crippen LogP contribution in [0.15, 0.2) is 4.99 Å². The van der Waals surface area contributed by atoms with Crippen molar-refractivity contribution in [2.75, 3.05) is 27.2 Å². The Morgan fingerprint density at radius 2 is 1.94 bits per heavy atom. The zero-order valence-electron chi connectivity index (χ0n) is 11.4. The van der Waals surface area contributed by atoms with Gasteiger partial charge in [0.1, 0.15) is 0 Å². The second kappa shape index (κ2) is 6.07. The molecule has 2 fully saturated rings. The fourth-order valence-corrected chi connectivity index (χ4v) is 2.42. The van der Waals surface area contributed by atoms with Gasteiger partial charge >= 0.3 is 0 Å². The molecule has 0 aromatic heterocycles. The van der Waals surface area contributed by atoms with Crippen LogP contribution in [0.3, 0.4) is 0 Å². The summed E-state index contributed by atoms with van der Waals surface area (Å²) >= 11 is 0. The van der Waals surface area contributed by atoms with Crippen LogP contribution in [0.1, 0.15) is 32.1 Å². The number of hydrogen-bond acceptors (Lipinski definition) is 2. The van der Waals surface area contributed by atoms with Crippen molar-refractivity contribution in [1.29, 1.82) is 0 Å². The minimum atomic E-state index is 0.161. The molecule has 1 saturated heterocycles. The highest BCUT2D eigenvalue weighted by Crippen LogP contribution is 2.22. The van der Waals surface area contributed by atoms with Gasteiger partial charge in [0, 0.05) is 39.6 Å². The highest BCUT2D eigenvalue weighted by atomic mass is 16.1. The van der Waals surface area contributed by atoms with Gasteiger partial charge in [0.05, 0.1) is 0 Å². The summed E-state index contributed by atoms with van der Waals surface area (Å²) in [4.78, 5) is 18.0. The quantitative estimate of drug-likeness (QED) is 0.570. The molecule has 5 nitrogen and oxygen atoms in total. The summed E-state index contributed by atoms with van der Waals surface area (Å²) in [5.74, 6) is 1.73. The van der Waals surface area contributed by atoms with Crippen LogP contribution in [0.4, 0.5) is 0 Å². The third kappa shape index (κ3) is 3.62. The fourth-order valence-electron chi connectivity index (χ4n) is 2.42. The van der Waals surface area contributed by atoms with E-state index in [0.29, 0.717) is 18.4 Å². The molecule has 1 amide bonds. The SMILES string of the molecule is CN=C(NC1CC1)N1CCC(CC(=O)NC)CC1. The van der Waals surface area contributed by atoms with E-state index in [1.165, 1.54) is 12.8 Å². The van der Waals surface area contributed by atoms with E-state index in [-0.39, 0.29) is 5.91 Å². The van der Waals surface area contributed by atoms with Gasteiger partial charge in [0.15, 0.2) is 5.96 Å².